The van der Waals surface area contributed by atoms with Crippen LogP contribution in [0.1, 0.15) is 43.0 Å². The standard InChI is InChI=1S/C37H42FNO2Si/c1-27-12-10-11-15-32(27)36-35(38)33-24-31(40-26-30-13-8-7-9-14-30)20-21-34(33)39(36)25-29-18-16-28(17-19-29)22-23-41-42(5,6)37(2,3)4/h7-21,24H,22-23,25-26H2,1-6H3. The lowest BCUT2D eigenvalue weighted by atomic mass is 10.0. The Hall–Kier alpha value is -3.67. The van der Waals surface area contributed by atoms with Crippen LogP contribution in [0.15, 0.2) is 97.1 Å². The van der Waals surface area contributed by atoms with Gasteiger partial charge in [0.2, 0.25) is 0 Å². The third-order valence-corrected chi connectivity index (χ3v) is 13.2. The number of aryl methyl sites for hydroxylation is 1. The summed E-state index contributed by atoms with van der Waals surface area (Å²) in [6, 6.07) is 32.4. The summed E-state index contributed by atoms with van der Waals surface area (Å²) in [5.41, 5.74) is 6.85. The minimum Gasteiger partial charge on any atom is -0.489 e. The van der Waals surface area contributed by atoms with Crippen molar-refractivity contribution in [2.24, 2.45) is 0 Å². The number of hydrogen-bond acceptors (Lipinski definition) is 2. The average molecular weight is 580 g/mol. The Bertz CT molecular complexity index is 1650. The van der Waals surface area contributed by atoms with Gasteiger partial charge in [-0.2, -0.15) is 0 Å². The van der Waals surface area contributed by atoms with Crippen molar-refractivity contribution in [3.8, 4) is 17.0 Å². The van der Waals surface area contributed by atoms with Crippen molar-refractivity contribution >= 4 is 19.2 Å². The fourth-order valence-corrected chi connectivity index (χ4v) is 6.07. The number of rotatable bonds is 10. The van der Waals surface area contributed by atoms with Gasteiger partial charge >= 0.3 is 0 Å². The Kier molecular flexibility index (Phi) is 8.72. The van der Waals surface area contributed by atoms with Crippen molar-refractivity contribution in [3.05, 3.63) is 125 Å². The lowest BCUT2D eigenvalue weighted by Gasteiger charge is -2.36. The highest BCUT2D eigenvalue weighted by atomic mass is 28.4. The highest BCUT2D eigenvalue weighted by Crippen LogP contribution is 2.38. The van der Waals surface area contributed by atoms with Crippen molar-refractivity contribution in [3.63, 3.8) is 0 Å². The quantitative estimate of drug-likeness (QED) is 0.154. The molecule has 0 bridgehead atoms. The molecule has 5 rings (SSSR count). The van der Waals surface area contributed by atoms with Crippen LogP contribution in [-0.4, -0.2) is 19.5 Å². The number of hydrogen-bond donors (Lipinski definition) is 0. The smallest absolute Gasteiger partial charge is 0.191 e. The predicted octanol–water partition coefficient (Wildman–Crippen LogP) is 9.95. The second-order valence-electron chi connectivity index (χ2n) is 12.7. The fourth-order valence-electron chi connectivity index (χ4n) is 5.02. The van der Waals surface area contributed by atoms with E-state index in [0.29, 0.717) is 30.0 Å². The summed E-state index contributed by atoms with van der Waals surface area (Å²) in [7, 11) is -1.76. The van der Waals surface area contributed by atoms with Gasteiger partial charge in [-0.1, -0.05) is 99.6 Å². The maximum Gasteiger partial charge on any atom is 0.191 e. The summed E-state index contributed by atoms with van der Waals surface area (Å²) < 4.78 is 30.8. The third kappa shape index (κ3) is 6.53. The van der Waals surface area contributed by atoms with Gasteiger partial charge in [-0.05, 0) is 71.9 Å². The molecule has 0 spiro atoms. The van der Waals surface area contributed by atoms with Crippen LogP contribution in [0.3, 0.4) is 0 Å². The second-order valence-corrected chi connectivity index (χ2v) is 17.5. The molecule has 4 aromatic carbocycles. The van der Waals surface area contributed by atoms with E-state index < -0.39 is 8.32 Å². The maximum atomic E-state index is 16.3. The van der Waals surface area contributed by atoms with Crippen LogP contribution in [0.2, 0.25) is 18.1 Å². The van der Waals surface area contributed by atoms with Gasteiger partial charge in [0.25, 0.3) is 0 Å². The van der Waals surface area contributed by atoms with Crippen molar-refractivity contribution in [1.82, 2.24) is 4.57 Å². The first-order valence-corrected chi connectivity index (χ1v) is 17.7. The van der Waals surface area contributed by atoms with E-state index in [1.807, 2.05) is 79.7 Å². The van der Waals surface area contributed by atoms with E-state index in [9.17, 15) is 0 Å². The zero-order valence-corrected chi connectivity index (χ0v) is 26.7. The number of aromatic nitrogens is 1. The molecule has 0 radical (unpaired) electrons. The zero-order chi connectivity index (χ0) is 29.9. The van der Waals surface area contributed by atoms with Gasteiger partial charge in [0.05, 0.1) is 11.2 Å². The lowest BCUT2D eigenvalue weighted by Crippen LogP contribution is -2.41. The van der Waals surface area contributed by atoms with E-state index in [2.05, 4.69) is 62.7 Å². The molecule has 42 heavy (non-hydrogen) atoms. The first kappa shape index (κ1) is 29.8. The van der Waals surface area contributed by atoms with Crippen molar-refractivity contribution in [2.75, 3.05) is 6.61 Å². The monoisotopic (exact) mass is 579 g/mol. The van der Waals surface area contributed by atoms with Gasteiger partial charge in [0.1, 0.15) is 12.4 Å². The molecular weight excluding hydrogens is 537 g/mol. The van der Waals surface area contributed by atoms with E-state index in [-0.39, 0.29) is 10.9 Å². The number of fused-ring (bicyclic) bond motifs is 1. The normalized spacial score (nSPS) is 12.2. The van der Waals surface area contributed by atoms with Crippen LogP contribution < -0.4 is 4.74 Å². The molecular formula is C37H42FNO2Si. The van der Waals surface area contributed by atoms with Crippen LogP contribution in [0, 0.1) is 12.7 Å². The van der Waals surface area contributed by atoms with Crippen molar-refractivity contribution < 1.29 is 13.6 Å². The lowest BCUT2D eigenvalue weighted by molar-refractivity contribution is 0.292. The Balaban J connectivity index is 1.41. The average Bonchev–Trinajstić information content (AvgIpc) is 3.23. The van der Waals surface area contributed by atoms with Crippen LogP contribution in [0.4, 0.5) is 4.39 Å². The molecule has 0 saturated carbocycles. The van der Waals surface area contributed by atoms with Gasteiger partial charge < -0.3 is 13.7 Å². The molecule has 1 heterocycles. The molecule has 218 valence electrons. The van der Waals surface area contributed by atoms with Gasteiger partial charge in [0.15, 0.2) is 14.1 Å². The van der Waals surface area contributed by atoms with Crippen LogP contribution in [0.5, 0.6) is 5.75 Å². The second kappa shape index (κ2) is 12.3. The largest absolute Gasteiger partial charge is 0.489 e. The summed E-state index contributed by atoms with van der Waals surface area (Å²) >= 11 is 0. The third-order valence-electron chi connectivity index (χ3n) is 8.65. The minimum atomic E-state index is -1.76. The summed E-state index contributed by atoms with van der Waals surface area (Å²) in [6.07, 6.45) is 0.883. The predicted molar refractivity (Wildman–Crippen MR) is 175 cm³/mol. The highest BCUT2D eigenvalue weighted by Gasteiger charge is 2.36. The molecule has 5 heteroatoms. The molecule has 0 aliphatic rings. The minimum absolute atomic E-state index is 0.204. The number of ether oxygens (including phenoxy) is 1. The van der Waals surface area contributed by atoms with Gasteiger partial charge in [0, 0.05) is 24.1 Å². The van der Waals surface area contributed by atoms with Crippen LogP contribution in [0.25, 0.3) is 22.2 Å². The molecule has 0 unspecified atom stereocenters. The molecule has 0 fully saturated rings. The Morgan fingerprint density at radius 2 is 1.45 bits per heavy atom. The first-order chi connectivity index (χ1) is 20.0. The molecule has 0 saturated heterocycles. The summed E-state index contributed by atoms with van der Waals surface area (Å²) in [5, 5.41) is 0.771. The fraction of sp³-hybridized carbons (Fsp3) is 0.297. The molecule has 0 amide bonds. The maximum absolute atomic E-state index is 16.3. The molecule has 3 nitrogen and oxygen atoms in total. The van der Waals surface area contributed by atoms with E-state index >= 15 is 4.39 Å². The highest BCUT2D eigenvalue weighted by molar-refractivity contribution is 6.74. The van der Waals surface area contributed by atoms with E-state index in [4.69, 9.17) is 9.16 Å². The van der Waals surface area contributed by atoms with Crippen molar-refractivity contribution in [2.45, 2.75) is 65.4 Å². The molecule has 0 N–H and O–H groups in total. The van der Waals surface area contributed by atoms with Gasteiger partial charge in [-0.15, -0.1) is 0 Å². The van der Waals surface area contributed by atoms with Crippen LogP contribution in [-0.2, 0) is 24.0 Å². The Labute approximate surface area is 251 Å². The van der Waals surface area contributed by atoms with E-state index in [1.54, 1.807) is 0 Å². The molecule has 0 atom stereocenters. The summed E-state index contributed by atoms with van der Waals surface area (Å²) in [4.78, 5) is 0. The zero-order valence-electron chi connectivity index (χ0n) is 25.7. The molecule has 1 aromatic heterocycles. The molecule has 0 aliphatic heterocycles. The number of halogens is 1. The van der Waals surface area contributed by atoms with E-state index in [1.165, 1.54) is 5.56 Å². The summed E-state index contributed by atoms with van der Waals surface area (Å²) in [6.45, 7) is 15.2. The Morgan fingerprint density at radius 1 is 0.786 bits per heavy atom. The van der Waals surface area contributed by atoms with Gasteiger partial charge in [-0.25, -0.2) is 4.39 Å². The number of nitrogens with zero attached hydrogens (tertiary/aromatic N) is 1. The number of benzene rings is 4. The summed E-state index contributed by atoms with van der Waals surface area (Å²) in [5.74, 6) is 0.437. The van der Waals surface area contributed by atoms with Crippen molar-refractivity contribution in [1.29, 1.82) is 0 Å². The topological polar surface area (TPSA) is 23.4 Å². The molecule has 5 aromatic rings. The van der Waals surface area contributed by atoms with Gasteiger partial charge in [-0.3, -0.25) is 0 Å². The van der Waals surface area contributed by atoms with Crippen LogP contribution >= 0.6 is 0 Å². The molecule has 0 aliphatic carbocycles. The first-order valence-electron chi connectivity index (χ1n) is 14.8. The van der Waals surface area contributed by atoms with E-state index in [0.717, 1.165) is 40.8 Å². The SMILES string of the molecule is Cc1ccccc1-c1c(F)c2cc(OCc3ccccc3)ccc2n1Cc1ccc(CCO[Si](C)(C)C(C)(C)C)cc1. The Morgan fingerprint density at radius 3 is 2.14 bits per heavy atom.